The van der Waals surface area contributed by atoms with Crippen molar-refractivity contribution in [2.45, 2.75) is 13.0 Å². The summed E-state index contributed by atoms with van der Waals surface area (Å²) in [6, 6.07) is 21.2. The molecule has 0 saturated heterocycles. The molecule has 3 aromatic carbocycles. The number of benzene rings is 3. The molecule has 0 aromatic heterocycles. The topological polar surface area (TPSA) is 18.5 Å². The fourth-order valence-electron chi connectivity index (χ4n) is 2.65. The Morgan fingerprint density at radius 1 is 0.889 bits per heavy atom. The van der Waals surface area contributed by atoms with Crippen LogP contribution < -0.4 is 9.47 Å². The van der Waals surface area contributed by atoms with Crippen molar-refractivity contribution in [3.63, 3.8) is 0 Å². The highest BCUT2D eigenvalue weighted by atomic mass is 19.4. The third-order valence-corrected chi connectivity index (χ3v) is 3.83. The van der Waals surface area contributed by atoms with Crippen molar-refractivity contribution in [1.82, 2.24) is 0 Å². The fourth-order valence-corrected chi connectivity index (χ4v) is 2.65. The summed E-state index contributed by atoms with van der Waals surface area (Å²) in [7, 11) is 0. The molecule has 2 nitrogen and oxygen atoms in total. The molecule has 0 bridgehead atoms. The molecular formula is C22H17F3O2. The molecule has 27 heavy (non-hydrogen) atoms. The predicted octanol–water partition coefficient (Wildman–Crippen LogP) is 6.47. The van der Waals surface area contributed by atoms with Gasteiger partial charge in [0.2, 0.25) is 0 Å². The van der Waals surface area contributed by atoms with Gasteiger partial charge in [-0.2, -0.15) is 0 Å². The van der Waals surface area contributed by atoms with Crippen molar-refractivity contribution in [3.05, 3.63) is 90.5 Å². The second-order valence-corrected chi connectivity index (χ2v) is 5.81. The van der Waals surface area contributed by atoms with Crippen LogP contribution in [0.2, 0.25) is 0 Å². The summed E-state index contributed by atoms with van der Waals surface area (Å²) in [5.74, 6) is 0.272. The van der Waals surface area contributed by atoms with Crippen LogP contribution in [0.3, 0.4) is 0 Å². The second-order valence-electron chi connectivity index (χ2n) is 5.81. The highest BCUT2D eigenvalue weighted by Crippen LogP contribution is 2.35. The lowest BCUT2D eigenvalue weighted by atomic mass is 10.0. The minimum absolute atomic E-state index is 0.298. The van der Waals surface area contributed by atoms with E-state index in [0.29, 0.717) is 29.0 Å². The Morgan fingerprint density at radius 3 is 2.30 bits per heavy atom. The maximum Gasteiger partial charge on any atom is 0.573 e. The third-order valence-electron chi connectivity index (χ3n) is 3.83. The average Bonchev–Trinajstić information content (AvgIpc) is 2.66. The Balaban J connectivity index is 1.94. The molecule has 3 aromatic rings. The van der Waals surface area contributed by atoms with Gasteiger partial charge < -0.3 is 9.47 Å². The van der Waals surface area contributed by atoms with E-state index in [9.17, 15) is 13.2 Å². The number of ether oxygens (including phenoxy) is 2. The summed E-state index contributed by atoms with van der Waals surface area (Å²) in [5, 5.41) is 0. The van der Waals surface area contributed by atoms with Crippen LogP contribution in [0.15, 0.2) is 79.4 Å². The van der Waals surface area contributed by atoms with E-state index in [2.05, 4.69) is 11.3 Å². The van der Waals surface area contributed by atoms with Gasteiger partial charge in [-0.1, -0.05) is 61.2 Å². The van der Waals surface area contributed by atoms with Gasteiger partial charge in [0, 0.05) is 5.56 Å². The van der Waals surface area contributed by atoms with Gasteiger partial charge in [0.15, 0.2) is 0 Å². The molecule has 0 aliphatic heterocycles. The van der Waals surface area contributed by atoms with Gasteiger partial charge in [0.1, 0.15) is 18.1 Å². The van der Waals surface area contributed by atoms with Crippen LogP contribution in [0.1, 0.15) is 11.1 Å². The van der Waals surface area contributed by atoms with E-state index in [1.807, 2.05) is 36.4 Å². The first kappa shape index (κ1) is 18.6. The molecule has 3 rings (SSSR count). The van der Waals surface area contributed by atoms with Gasteiger partial charge in [0.25, 0.3) is 0 Å². The molecule has 5 heteroatoms. The molecule has 0 aliphatic rings. The number of hydrogen-bond donors (Lipinski definition) is 0. The average molecular weight is 370 g/mol. The Labute approximate surface area is 155 Å². The molecule has 0 radical (unpaired) electrons. The largest absolute Gasteiger partial charge is 0.573 e. The Morgan fingerprint density at radius 2 is 1.59 bits per heavy atom. The van der Waals surface area contributed by atoms with E-state index >= 15 is 0 Å². The number of alkyl halides is 3. The summed E-state index contributed by atoms with van der Waals surface area (Å²) in [5.41, 5.74) is 2.73. The van der Waals surface area contributed by atoms with Crippen LogP contribution in [-0.4, -0.2) is 6.36 Å². The summed E-state index contributed by atoms with van der Waals surface area (Å²) < 4.78 is 47.9. The van der Waals surface area contributed by atoms with E-state index in [0.717, 1.165) is 5.56 Å². The molecule has 0 saturated carbocycles. The summed E-state index contributed by atoms with van der Waals surface area (Å²) >= 11 is 0. The number of halogens is 3. The fraction of sp³-hybridized carbons (Fsp3) is 0.0909. The van der Waals surface area contributed by atoms with Gasteiger partial charge in [-0.3, -0.25) is 0 Å². The molecule has 0 atom stereocenters. The van der Waals surface area contributed by atoms with Gasteiger partial charge in [-0.15, -0.1) is 13.2 Å². The molecule has 0 fully saturated rings. The lowest BCUT2D eigenvalue weighted by Gasteiger charge is -2.15. The van der Waals surface area contributed by atoms with Crippen molar-refractivity contribution in [2.24, 2.45) is 0 Å². The van der Waals surface area contributed by atoms with Gasteiger partial charge in [-0.25, -0.2) is 0 Å². The molecule has 0 amide bonds. The first-order valence-electron chi connectivity index (χ1n) is 8.24. The van der Waals surface area contributed by atoms with Crippen LogP contribution in [0.4, 0.5) is 13.2 Å². The Hall–Kier alpha value is -3.21. The van der Waals surface area contributed by atoms with Gasteiger partial charge in [-0.05, 0) is 41.0 Å². The van der Waals surface area contributed by atoms with E-state index in [1.54, 1.807) is 24.3 Å². The zero-order valence-corrected chi connectivity index (χ0v) is 14.4. The van der Waals surface area contributed by atoms with Gasteiger partial charge in [0.05, 0.1) is 0 Å². The van der Waals surface area contributed by atoms with Gasteiger partial charge >= 0.3 is 6.36 Å². The maximum atomic E-state index is 12.6. The quantitative estimate of drug-likeness (QED) is 0.495. The number of hydrogen-bond acceptors (Lipinski definition) is 2. The third kappa shape index (κ3) is 5.14. The van der Waals surface area contributed by atoms with Crippen LogP contribution in [0.5, 0.6) is 11.5 Å². The SMILES string of the molecule is C=Cc1cc(OC(F)(F)F)cc(-c2ccccc2OCc2ccccc2)c1. The zero-order chi connectivity index (χ0) is 19.3. The lowest BCUT2D eigenvalue weighted by molar-refractivity contribution is -0.274. The minimum Gasteiger partial charge on any atom is -0.488 e. The van der Waals surface area contributed by atoms with E-state index in [4.69, 9.17) is 4.74 Å². The second kappa shape index (κ2) is 7.99. The summed E-state index contributed by atoms with van der Waals surface area (Å²) in [6.07, 6.45) is -3.29. The molecule has 0 spiro atoms. The monoisotopic (exact) mass is 370 g/mol. The maximum absolute atomic E-state index is 12.6. The number of para-hydroxylation sites is 1. The van der Waals surface area contributed by atoms with E-state index < -0.39 is 6.36 Å². The minimum atomic E-state index is -4.76. The Bertz CT molecular complexity index is 918. The molecule has 0 heterocycles. The van der Waals surface area contributed by atoms with Crippen LogP contribution in [0.25, 0.3) is 17.2 Å². The summed E-state index contributed by atoms with van der Waals surface area (Å²) in [4.78, 5) is 0. The van der Waals surface area contributed by atoms with Crippen molar-refractivity contribution in [1.29, 1.82) is 0 Å². The van der Waals surface area contributed by atoms with Crippen molar-refractivity contribution < 1.29 is 22.6 Å². The molecular weight excluding hydrogens is 353 g/mol. The highest BCUT2D eigenvalue weighted by Gasteiger charge is 2.31. The van der Waals surface area contributed by atoms with E-state index in [1.165, 1.54) is 18.2 Å². The van der Waals surface area contributed by atoms with Crippen molar-refractivity contribution in [2.75, 3.05) is 0 Å². The lowest BCUT2D eigenvalue weighted by Crippen LogP contribution is -2.17. The van der Waals surface area contributed by atoms with E-state index in [-0.39, 0.29) is 5.75 Å². The zero-order valence-electron chi connectivity index (χ0n) is 14.4. The summed E-state index contributed by atoms with van der Waals surface area (Å²) in [6.45, 7) is 3.99. The smallest absolute Gasteiger partial charge is 0.488 e. The molecule has 0 N–H and O–H groups in total. The number of rotatable bonds is 6. The highest BCUT2D eigenvalue weighted by molar-refractivity contribution is 5.74. The predicted molar refractivity (Wildman–Crippen MR) is 99.4 cm³/mol. The first-order valence-corrected chi connectivity index (χ1v) is 8.24. The van der Waals surface area contributed by atoms with Crippen molar-refractivity contribution in [3.8, 4) is 22.6 Å². The van der Waals surface area contributed by atoms with Crippen LogP contribution >= 0.6 is 0 Å². The Kier molecular flexibility index (Phi) is 5.50. The molecule has 0 aliphatic carbocycles. The first-order chi connectivity index (χ1) is 12.9. The molecule has 138 valence electrons. The van der Waals surface area contributed by atoms with Crippen LogP contribution in [0, 0.1) is 0 Å². The standard InChI is InChI=1S/C22H17F3O2/c1-2-16-12-18(14-19(13-16)27-22(23,24)25)20-10-6-7-11-21(20)26-15-17-8-4-3-5-9-17/h2-14H,1,15H2. The normalized spacial score (nSPS) is 11.1. The van der Waals surface area contributed by atoms with Crippen molar-refractivity contribution >= 4 is 6.08 Å². The molecule has 0 unspecified atom stereocenters. The van der Waals surface area contributed by atoms with Crippen LogP contribution in [-0.2, 0) is 6.61 Å².